The number of rotatable bonds is 3. The molecular weight excluding hydrogens is 202 g/mol. The number of nitrogens with one attached hydrogen (secondary N) is 1. The summed E-state index contributed by atoms with van der Waals surface area (Å²) in [5, 5.41) is 6.87. The van der Waals surface area contributed by atoms with Gasteiger partial charge in [-0.3, -0.25) is 0 Å². The van der Waals surface area contributed by atoms with Gasteiger partial charge in [0.15, 0.2) is 0 Å². The van der Waals surface area contributed by atoms with E-state index in [1.54, 1.807) is 0 Å². The second-order valence-electron chi connectivity index (χ2n) is 3.79. The first kappa shape index (κ1) is 10.8. The van der Waals surface area contributed by atoms with Gasteiger partial charge >= 0.3 is 0 Å². The lowest BCUT2D eigenvalue weighted by Crippen LogP contribution is -2.43. The largest absolute Gasteiger partial charge is 0.369 e. The van der Waals surface area contributed by atoms with Gasteiger partial charge in [0.1, 0.15) is 0 Å². The molecule has 0 aromatic heterocycles. The Hall–Kier alpha value is -1.71. The van der Waals surface area contributed by atoms with Crippen molar-refractivity contribution in [2.75, 3.05) is 31.1 Å². The van der Waals surface area contributed by atoms with E-state index in [2.05, 4.69) is 32.4 Å². The molecule has 0 spiro atoms. The molecule has 1 aromatic rings. The maximum atomic E-state index is 8.23. The first-order chi connectivity index (χ1) is 7.90. The van der Waals surface area contributed by atoms with Crippen LogP contribution in [0.1, 0.15) is 5.56 Å². The SMILES string of the molecule is [N-]=[N+]=NCc1ccc(N2CCNCC2)cc1. The highest BCUT2D eigenvalue weighted by atomic mass is 15.2. The highest BCUT2D eigenvalue weighted by molar-refractivity contribution is 5.48. The van der Waals surface area contributed by atoms with Gasteiger partial charge in [-0.25, -0.2) is 0 Å². The molecule has 16 heavy (non-hydrogen) atoms. The van der Waals surface area contributed by atoms with Crippen molar-refractivity contribution in [1.29, 1.82) is 0 Å². The predicted molar refractivity (Wildman–Crippen MR) is 64.4 cm³/mol. The first-order valence-electron chi connectivity index (χ1n) is 5.45. The normalized spacial score (nSPS) is 15.6. The predicted octanol–water partition coefficient (Wildman–Crippen LogP) is 1.91. The van der Waals surface area contributed by atoms with Gasteiger partial charge < -0.3 is 10.2 Å². The number of benzene rings is 1. The molecule has 1 aromatic carbocycles. The van der Waals surface area contributed by atoms with Crippen molar-refractivity contribution in [3.63, 3.8) is 0 Å². The molecule has 1 N–H and O–H groups in total. The van der Waals surface area contributed by atoms with E-state index in [0.717, 1.165) is 31.7 Å². The van der Waals surface area contributed by atoms with E-state index in [-0.39, 0.29) is 0 Å². The van der Waals surface area contributed by atoms with E-state index in [1.807, 2.05) is 12.1 Å². The fraction of sp³-hybridized carbons (Fsp3) is 0.455. The van der Waals surface area contributed by atoms with Gasteiger partial charge in [-0.1, -0.05) is 17.2 Å². The Kier molecular flexibility index (Phi) is 3.64. The highest BCUT2D eigenvalue weighted by Crippen LogP contribution is 2.16. The van der Waals surface area contributed by atoms with Crippen LogP contribution in [-0.4, -0.2) is 26.2 Å². The van der Waals surface area contributed by atoms with Gasteiger partial charge in [0.2, 0.25) is 0 Å². The molecule has 5 nitrogen and oxygen atoms in total. The minimum Gasteiger partial charge on any atom is -0.369 e. The highest BCUT2D eigenvalue weighted by Gasteiger charge is 2.09. The summed E-state index contributed by atoms with van der Waals surface area (Å²) in [5.74, 6) is 0. The quantitative estimate of drug-likeness (QED) is 0.477. The van der Waals surface area contributed by atoms with Crippen molar-refractivity contribution in [3.05, 3.63) is 40.3 Å². The van der Waals surface area contributed by atoms with Crippen molar-refractivity contribution < 1.29 is 0 Å². The van der Waals surface area contributed by atoms with Crippen molar-refractivity contribution in [2.24, 2.45) is 5.11 Å². The van der Waals surface area contributed by atoms with Gasteiger partial charge in [0.25, 0.3) is 0 Å². The third kappa shape index (κ3) is 2.66. The maximum absolute atomic E-state index is 8.23. The lowest BCUT2D eigenvalue weighted by molar-refractivity contribution is 0.589. The molecule has 0 amide bonds. The maximum Gasteiger partial charge on any atom is 0.0510 e. The zero-order valence-electron chi connectivity index (χ0n) is 9.13. The van der Waals surface area contributed by atoms with Crippen molar-refractivity contribution in [1.82, 2.24) is 5.32 Å². The summed E-state index contributed by atoms with van der Waals surface area (Å²) in [6, 6.07) is 8.22. The molecule has 5 heteroatoms. The molecule has 1 saturated heterocycles. The van der Waals surface area contributed by atoms with Crippen LogP contribution in [0.15, 0.2) is 29.4 Å². The molecule has 0 unspecified atom stereocenters. The van der Waals surface area contributed by atoms with Gasteiger partial charge in [0, 0.05) is 36.8 Å². The van der Waals surface area contributed by atoms with Crippen molar-refractivity contribution in [2.45, 2.75) is 6.54 Å². The number of azide groups is 1. The summed E-state index contributed by atoms with van der Waals surface area (Å²) >= 11 is 0. The molecule has 1 fully saturated rings. The van der Waals surface area contributed by atoms with E-state index in [9.17, 15) is 0 Å². The average molecular weight is 217 g/mol. The molecule has 1 heterocycles. The Bertz CT molecular complexity index is 374. The van der Waals surface area contributed by atoms with Gasteiger partial charge in [-0.05, 0) is 23.2 Å². The molecule has 0 atom stereocenters. The van der Waals surface area contributed by atoms with Crippen LogP contribution in [0.2, 0.25) is 0 Å². The standard InChI is InChI=1S/C11H15N5/c12-15-14-9-10-1-3-11(4-2-10)16-7-5-13-6-8-16/h1-4,13H,5-9H2. The van der Waals surface area contributed by atoms with E-state index < -0.39 is 0 Å². The van der Waals surface area contributed by atoms with Crippen LogP contribution >= 0.6 is 0 Å². The summed E-state index contributed by atoms with van der Waals surface area (Å²) in [6.07, 6.45) is 0. The monoisotopic (exact) mass is 217 g/mol. The summed E-state index contributed by atoms with van der Waals surface area (Å²) in [7, 11) is 0. The zero-order chi connectivity index (χ0) is 11.2. The number of nitrogens with zero attached hydrogens (tertiary/aromatic N) is 4. The van der Waals surface area contributed by atoms with Gasteiger partial charge in [-0.15, -0.1) is 0 Å². The van der Waals surface area contributed by atoms with Crippen molar-refractivity contribution in [3.8, 4) is 0 Å². The van der Waals surface area contributed by atoms with E-state index in [4.69, 9.17) is 5.53 Å². The molecule has 0 saturated carbocycles. The van der Waals surface area contributed by atoms with Crippen LogP contribution in [0.25, 0.3) is 10.4 Å². The molecule has 1 aliphatic rings. The van der Waals surface area contributed by atoms with Crippen LogP contribution in [0, 0.1) is 0 Å². The topological polar surface area (TPSA) is 64.0 Å². The Balaban J connectivity index is 2.03. The lowest BCUT2D eigenvalue weighted by atomic mass is 10.2. The van der Waals surface area contributed by atoms with E-state index >= 15 is 0 Å². The third-order valence-electron chi connectivity index (χ3n) is 2.74. The smallest absolute Gasteiger partial charge is 0.0510 e. The zero-order valence-corrected chi connectivity index (χ0v) is 9.13. The molecule has 84 valence electrons. The number of hydrogen-bond donors (Lipinski definition) is 1. The van der Waals surface area contributed by atoms with Gasteiger partial charge in [-0.2, -0.15) is 0 Å². The molecule has 1 aliphatic heterocycles. The molecule has 0 bridgehead atoms. The Morgan fingerprint density at radius 2 is 1.94 bits per heavy atom. The minimum absolute atomic E-state index is 0.429. The summed E-state index contributed by atoms with van der Waals surface area (Å²) in [5.41, 5.74) is 10.5. The van der Waals surface area contributed by atoms with Crippen LogP contribution in [0.4, 0.5) is 5.69 Å². The first-order valence-corrected chi connectivity index (χ1v) is 5.45. The number of anilines is 1. The second kappa shape index (κ2) is 5.39. The van der Waals surface area contributed by atoms with E-state index in [1.165, 1.54) is 5.69 Å². The second-order valence-corrected chi connectivity index (χ2v) is 3.79. The van der Waals surface area contributed by atoms with Crippen LogP contribution < -0.4 is 10.2 Å². The van der Waals surface area contributed by atoms with E-state index in [0.29, 0.717) is 6.54 Å². The minimum atomic E-state index is 0.429. The number of piperazine rings is 1. The van der Waals surface area contributed by atoms with Crippen LogP contribution in [0.5, 0.6) is 0 Å². The van der Waals surface area contributed by atoms with Crippen LogP contribution in [0.3, 0.4) is 0 Å². The summed E-state index contributed by atoms with van der Waals surface area (Å²) < 4.78 is 0. The molecule has 0 aliphatic carbocycles. The Labute approximate surface area is 94.7 Å². The van der Waals surface area contributed by atoms with Crippen molar-refractivity contribution >= 4 is 5.69 Å². The molecule has 2 rings (SSSR count). The molecular formula is C11H15N5. The lowest BCUT2D eigenvalue weighted by Gasteiger charge is -2.29. The Morgan fingerprint density at radius 3 is 2.56 bits per heavy atom. The fourth-order valence-electron chi connectivity index (χ4n) is 1.85. The average Bonchev–Trinajstić information content (AvgIpc) is 2.38. The number of hydrogen-bond acceptors (Lipinski definition) is 3. The summed E-state index contributed by atoms with van der Waals surface area (Å²) in [4.78, 5) is 5.10. The van der Waals surface area contributed by atoms with Gasteiger partial charge in [0.05, 0.1) is 6.54 Å². The third-order valence-corrected chi connectivity index (χ3v) is 2.74. The fourth-order valence-corrected chi connectivity index (χ4v) is 1.85. The summed E-state index contributed by atoms with van der Waals surface area (Å²) in [6.45, 7) is 4.62. The Morgan fingerprint density at radius 1 is 1.25 bits per heavy atom. The van der Waals surface area contributed by atoms with Crippen LogP contribution in [-0.2, 0) is 6.54 Å². The molecule has 0 radical (unpaired) electrons.